The van der Waals surface area contributed by atoms with Gasteiger partial charge >= 0.3 is 33.3 Å². The standard InChI is InChI=1S/C18H22F2O9S/c19-18(20,30(24,25)26)7-27-16(22)11-9-6-10-12(11)17(23)29-14(10)13(9)28-15(21)8-4-2-1-3-5-8/h8-14H,1-7H2,(H,24,25,26). The Morgan fingerprint density at radius 1 is 1.13 bits per heavy atom. The molecule has 0 aromatic carbocycles. The number of ether oxygens (including phenoxy) is 3. The summed E-state index contributed by atoms with van der Waals surface area (Å²) in [5.41, 5.74) is 0. The second-order valence-corrected chi connectivity index (χ2v) is 10.0. The van der Waals surface area contributed by atoms with Gasteiger partial charge in [-0.25, -0.2) is 0 Å². The van der Waals surface area contributed by atoms with Crippen LogP contribution in [0.3, 0.4) is 0 Å². The SMILES string of the molecule is O=C(OC1C2CC3C1OC(=O)C3C2C(=O)OCC(F)(F)S(=O)(=O)O)C1CCCCC1. The predicted octanol–water partition coefficient (Wildman–Crippen LogP) is 1.31. The number of hydrogen-bond acceptors (Lipinski definition) is 8. The highest BCUT2D eigenvalue weighted by molar-refractivity contribution is 7.86. The molecule has 0 aromatic rings. The van der Waals surface area contributed by atoms with Crippen LogP contribution in [-0.2, 0) is 38.7 Å². The molecule has 0 radical (unpaired) electrons. The number of carbonyl (C=O) groups excluding carboxylic acids is 3. The molecule has 1 N–H and O–H groups in total. The van der Waals surface area contributed by atoms with Crippen molar-refractivity contribution < 1.29 is 50.3 Å². The van der Waals surface area contributed by atoms with Gasteiger partial charge in [0.1, 0.15) is 12.2 Å². The van der Waals surface area contributed by atoms with Crippen molar-refractivity contribution in [3.8, 4) is 0 Å². The van der Waals surface area contributed by atoms with Gasteiger partial charge in [-0.05, 0) is 19.3 Å². The van der Waals surface area contributed by atoms with Crippen molar-refractivity contribution >= 4 is 28.0 Å². The van der Waals surface area contributed by atoms with Crippen molar-refractivity contribution in [3.05, 3.63) is 0 Å². The second-order valence-electron chi connectivity index (χ2n) is 8.47. The van der Waals surface area contributed by atoms with Gasteiger partial charge < -0.3 is 14.2 Å². The molecule has 0 amide bonds. The van der Waals surface area contributed by atoms with E-state index in [1.807, 2.05) is 0 Å². The Labute approximate surface area is 171 Å². The molecule has 0 aromatic heterocycles. The molecule has 12 heteroatoms. The van der Waals surface area contributed by atoms with Gasteiger partial charge in [0.25, 0.3) is 0 Å². The zero-order valence-electron chi connectivity index (χ0n) is 15.9. The van der Waals surface area contributed by atoms with Crippen LogP contribution >= 0.6 is 0 Å². The van der Waals surface area contributed by atoms with E-state index in [2.05, 4.69) is 4.74 Å². The van der Waals surface area contributed by atoms with Crippen LogP contribution in [0.15, 0.2) is 0 Å². The molecule has 0 spiro atoms. The van der Waals surface area contributed by atoms with E-state index < -0.39 is 75.8 Å². The number of rotatable bonds is 6. The fourth-order valence-corrected chi connectivity index (χ4v) is 5.57. The highest BCUT2D eigenvalue weighted by atomic mass is 32.2. The maximum atomic E-state index is 13.4. The number of fused-ring (bicyclic) bond motifs is 1. The van der Waals surface area contributed by atoms with Crippen molar-refractivity contribution in [1.82, 2.24) is 0 Å². The minimum Gasteiger partial charge on any atom is -0.458 e. The fourth-order valence-electron chi connectivity index (χ4n) is 5.36. The van der Waals surface area contributed by atoms with E-state index >= 15 is 0 Å². The summed E-state index contributed by atoms with van der Waals surface area (Å²) < 4.78 is 72.2. The van der Waals surface area contributed by atoms with Gasteiger partial charge in [-0.15, -0.1) is 0 Å². The first kappa shape index (κ1) is 21.4. The zero-order chi connectivity index (χ0) is 21.8. The van der Waals surface area contributed by atoms with Crippen LogP contribution in [0, 0.1) is 29.6 Å². The molecule has 168 valence electrons. The molecule has 4 fully saturated rings. The zero-order valence-corrected chi connectivity index (χ0v) is 16.7. The van der Waals surface area contributed by atoms with Gasteiger partial charge in [0, 0.05) is 11.8 Å². The summed E-state index contributed by atoms with van der Waals surface area (Å²) in [6.45, 7) is -1.88. The highest BCUT2D eigenvalue weighted by Crippen LogP contribution is 2.59. The van der Waals surface area contributed by atoms with Crippen LogP contribution in [-0.4, -0.2) is 54.9 Å². The molecular weight excluding hydrogens is 430 g/mol. The van der Waals surface area contributed by atoms with E-state index in [4.69, 9.17) is 14.0 Å². The Morgan fingerprint density at radius 2 is 1.80 bits per heavy atom. The summed E-state index contributed by atoms with van der Waals surface area (Å²) >= 11 is 0. The summed E-state index contributed by atoms with van der Waals surface area (Å²) in [7, 11) is -5.76. The first-order valence-corrected chi connectivity index (χ1v) is 11.4. The van der Waals surface area contributed by atoms with Crippen molar-refractivity contribution in [2.45, 2.75) is 56.0 Å². The minimum absolute atomic E-state index is 0.260. The molecule has 4 aliphatic rings. The maximum absolute atomic E-state index is 13.4. The lowest BCUT2D eigenvalue weighted by molar-refractivity contribution is -0.171. The molecular formula is C18H22F2O9S. The van der Waals surface area contributed by atoms with Crippen molar-refractivity contribution in [3.63, 3.8) is 0 Å². The number of carbonyl (C=O) groups is 3. The minimum atomic E-state index is -5.76. The molecule has 1 aliphatic heterocycles. The van der Waals surface area contributed by atoms with E-state index in [9.17, 15) is 31.6 Å². The molecule has 1 saturated heterocycles. The van der Waals surface area contributed by atoms with Gasteiger partial charge in [0.05, 0.1) is 17.8 Å². The number of halogens is 2. The fraction of sp³-hybridized carbons (Fsp3) is 0.833. The third-order valence-electron chi connectivity index (χ3n) is 6.77. The monoisotopic (exact) mass is 452 g/mol. The van der Waals surface area contributed by atoms with E-state index in [1.165, 1.54) is 0 Å². The quantitative estimate of drug-likeness (QED) is 0.360. The topological polar surface area (TPSA) is 133 Å². The van der Waals surface area contributed by atoms with Crippen LogP contribution in [0.1, 0.15) is 38.5 Å². The first-order valence-electron chi connectivity index (χ1n) is 9.94. The molecule has 1 heterocycles. The van der Waals surface area contributed by atoms with Crippen LogP contribution in [0.25, 0.3) is 0 Å². The smallest absolute Gasteiger partial charge is 0.402 e. The molecule has 30 heavy (non-hydrogen) atoms. The predicted molar refractivity (Wildman–Crippen MR) is 92.4 cm³/mol. The van der Waals surface area contributed by atoms with Crippen LogP contribution < -0.4 is 0 Å². The van der Waals surface area contributed by atoms with Crippen molar-refractivity contribution in [2.24, 2.45) is 29.6 Å². The molecule has 9 nitrogen and oxygen atoms in total. The van der Waals surface area contributed by atoms with Crippen molar-refractivity contribution in [2.75, 3.05) is 6.61 Å². The number of alkyl halides is 2. The van der Waals surface area contributed by atoms with E-state index in [1.54, 1.807) is 0 Å². The van der Waals surface area contributed by atoms with Gasteiger partial charge in [0.2, 0.25) is 0 Å². The van der Waals surface area contributed by atoms with Crippen LogP contribution in [0.5, 0.6) is 0 Å². The average molecular weight is 452 g/mol. The lowest BCUT2D eigenvalue weighted by Crippen LogP contribution is -2.45. The third-order valence-corrected chi connectivity index (χ3v) is 7.64. The molecule has 3 saturated carbocycles. The van der Waals surface area contributed by atoms with E-state index in [-0.39, 0.29) is 5.92 Å². The summed E-state index contributed by atoms with van der Waals surface area (Å²) in [4.78, 5) is 37.3. The lowest BCUT2D eigenvalue weighted by atomic mass is 9.78. The third kappa shape index (κ3) is 3.47. The average Bonchev–Trinajstić information content (AvgIpc) is 3.29. The number of esters is 3. The van der Waals surface area contributed by atoms with Crippen LogP contribution in [0.4, 0.5) is 8.78 Å². The molecule has 6 unspecified atom stereocenters. The number of hydrogen-bond donors (Lipinski definition) is 1. The summed E-state index contributed by atoms with van der Waals surface area (Å²) in [6, 6.07) is 0. The summed E-state index contributed by atoms with van der Waals surface area (Å²) in [5, 5.41) is -4.67. The van der Waals surface area contributed by atoms with Crippen LogP contribution in [0.2, 0.25) is 0 Å². The Balaban J connectivity index is 1.47. The van der Waals surface area contributed by atoms with Crippen molar-refractivity contribution in [1.29, 1.82) is 0 Å². The van der Waals surface area contributed by atoms with Gasteiger partial charge in [-0.3, -0.25) is 18.9 Å². The summed E-state index contributed by atoms with van der Waals surface area (Å²) in [6.07, 6.45) is 3.04. The first-order chi connectivity index (χ1) is 14.0. The second kappa shape index (κ2) is 7.40. The largest absolute Gasteiger partial charge is 0.458 e. The van der Waals surface area contributed by atoms with E-state index in [0.29, 0.717) is 19.3 Å². The summed E-state index contributed by atoms with van der Waals surface area (Å²) in [5.74, 6) is -5.69. The molecule has 3 aliphatic carbocycles. The maximum Gasteiger partial charge on any atom is 0.402 e. The Kier molecular flexibility index (Phi) is 5.28. The molecule has 6 atom stereocenters. The van der Waals surface area contributed by atoms with Gasteiger partial charge in [-0.2, -0.15) is 17.2 Å². The Morgan fingerprint density at radius 3 is 2.43 bits per heavy atom. The molecule has 4 rings (SSSR count). The normalized spacial score (nSPS) is 35.9. The van der Waals surface area contributed by atoms with Gasteiger partial charge in [0.15, 0.2) is 6.61 Å². The van der Waals surface area contributed by atoms with Gasteiger partial charge in [-0.1, -0.05) is 19.3 Å². The molecule has 2 bridgehead atoms. The van der Waals surface area contributed by atoms with E-state index in [0.717, 1.165) is 19.3 Å². The Hall–Kier alpha value is -1.82. The highest BCUT2D eigenvalue weighted by Gasteiger charge is 2.70. The Bertz CT molecular complexity index is 852. The lowest BCUT2D eigenvalue weighted by Gasteiger charge is -2.32.